The van der Waals surface area contributed by atoms with Gasteiger partial charge in [0, 0.05) is 5.39 Å². The Morgan fingerprint density at radius 2 is 1.81 bits per heavy atom. The average molecular weight is 372 g/mol. The van der Waals surface area contributed by atoms with E-state index in [1.165, 1.54) is 11.3 Å². The first-order valence-corrected chi connectivity index (χ1v) is 9.64. The number of ether oxygens (including phenoxy) is 1. The van der Waals surface area contributed by atoms with E-state index in [0.717, 1.165) is 38.1 Å². The van der Waals surface area contributed by atoms with Crippen molar-refractivity contribution in [2.75, 3.05) is 6.61 Å². The fourth-order valence-electron chi connectivity index (χ4n) is 3.46. The molecule has 5 heteroatoms. The number of aromatic nitrogens is 2. The number of rotatable bonds is 3. The van der Waals surface area contributed by atoms with Crippen molar-refractivity contribution >= 4 is 44.2 Å². The van der Waals surface area contributed by atoms with Gasteiger partial charge in [0.2, 0.25) is 0 Å². The van der Waals surface area contributed by atoms with Crippen molar-refractivity contribution < 1.29 is 4.74 Å². The van der Waals surface area contributed by atoms with Crippen LogP contribution in [0.4, 0.5) is 0 Å². The standard InChI is InChI=1S/C22H16N2O2S/c1-2-26-19-12-11-14(15-7-3-4-8-16(15)19)13-20-21(25)24-18-10-6-5-9-17(18)23-22(24)27-20/h3-13H,2H2,1H3/b20-13-. The molecular weight excluding hydrogens is 356 g/mol. The summed E-state index contributed by atoms with van der Waals surface area (Å²) in [5, 5.41) is 2.12. The van der Waals surface area contributed by atoms with Gasteiger partial charge in [0.25, 0.3) is 5.56 Å². The van der Waals surface area contributed by atoms with Gasteiger partial charge in [-0.15, -0.1) is 0 Å². The number of hydrogen-bond acceptors (Lipinski definition) is 4. The number of thiazole rings is 1. The van der Waals surface area contributed by atoms with Crippen LogP contribution in [-0.2, 0) is 0 Å². The second-order valence-electron chi connectivity index (χ2n) is 6.27. The van der Waals surface area contributed by atoms with Crippen LogP contribution in [0.25, 0.3) is 32.8 Å². The molecule has 0 N–H and O–H groups in total. The van der Waals surface area contributed by atoms with Crippen LogP contribution in [0.1, 0.15) is 12.5 Å². The Labute approximate surface area is 159 Å². The lowest BCUT2D eigenvalue weighted by Gasteiger charge is -2.09. The first kappa shape index (κ1) is 16.0. The molecule has 3 aromatic carbocycles. The van der Waals surface area contributed by atoms with E-state index in [0.29, 0.717) is 11.1 Å². The molecule has 5 rings (SSSR count). The van der Waals surface area contributed by atoms with Crippen LogP contribution in [0.5, 0.6) is 5.75 Å². The molecule has 2 aromatic heterocycles. The Hall–Kier alpha value is -3.18. The lowest BCUT2D eigenvalue weighted by molar-refractivity contribution is 0.344. The summed E-state index contributed by atoms with van der Waals surface area (Å²) in [5.74, 6) is 0.861. The van der Waals surface area contributed by atoms with Crippen molar-refractivity contribution in [2.24, 2.45) is 0 Å². The van der Waals surface area contributed by atoms with Crippen molar-refractivity contribution in [3.05, 3.63) is 81.1 Å². The maximum atomic E-state index is 13.0. The van der Waals surface area contributed by atoms with Gasteiger partial charge in [0.15, 0.2) is 4.96 Å². The zero-order valence-electron chi connectivity index (χ0n) is 14.7. The van der Waals surface area contributed by atoms with E-state index in [9.17, 15) is 4.79 Å². The highest BCUT2D eigenvalue weighted by atomic mass is 32.1. The van der Waals surface area contributed by atoms with E-state index in [-0.39, 0.29) is 5.56 Å². The van der Waals surface area contributed by atoms with Crippen LogP contribution in [0.2, 0.25) is 0 Å². The van der Waals surface area contributed by atoms with Gasteiger partial charge in [-0.1, -0.05) is 53.8 Å². The van der Waals surface area contributed by atoms with Gasteiger partial charge in [-0.3, -0.25) is 4.79 Å². The molecule has 0 saturated heterocycles. The van der Waals surface area contributed by atoms with E-state index in [4.69, 9.17) is 4.74 Å². The summed E-state index contributed by atoms with van der Waals surface area (Å²) in [6.45, 7) is 2.59. The fourth-order valence-corrected chi connectivity index (χ4v) is 4.43. The molecule has 0 aliphatic carbocycles. The number of para-hydroxylation sites is 2. The van der Waals surface area contributed by atoms with Gasteiger partial charge in [-0.05, 0) is 42.1 Å². The molecule has 0 unspecified atom stereocenters. The molecule has 4 nitrogen and oxygen atoms in total. The molecule has 0 bridgehead atoms. The molecule has 2 heterocycles. The first-order valence-electron chi connectivity index (χ1n) is 8.82. The van der Waals surface area contributed by atoms with Crippen molar-refractivity contribution in [1.82, 2.24) is 9.38 Å². The predicted molar refractivity (Wildman–Crippen MR) is 111 cm³/mol. The third-order valence-corrected chi connectivity index (χ3v) is 5.62. The van der Waals surface area contributed by atoms with E-state index in [1.54, 1.807) is 4.40 Å². The Balaban J connectivity index is 1.77. The third kappa shape index (κ3) is 2.51. The lowest BCUT2D eigenvalue weighted by atomic mass is 10.0. The zero-order valence-corrected chi connectivity index (χ0v) is 15.5. The largest absolute Gasteiger partial charge is 0.493 e. The summed E-state index contributed by atoms with van der Waals surface area (Å²) in [6.07, 6.45) is 1.95. The molecule has 0 spiro atoms. The van der Waals surface area contributed by atoms with Crippen LogP contribution in [0.3, 0.4) is 0 Å². The molecule has 0 fully saturated rings. The smallest absolute Gasteiger partial charge is 0.274 e. The Kier molecular flexibility index (Phi) is 3.69. The number of fused-ring (bicyclic) bond motifs is 4. The number of hydrogen-bond donors (Lipinski definition) is 0. The summed E-state index contributed by atoms with van der Waals surface area (Å²) >= 11 is 1.42. The maximum absolute atomic E-state index is 13.0. The van der Waals surface area contributed by atoms with Crippen molar-refractivity contribution in [3.63, 3.8) is 0 Å². The molecule has 0 radical (unpaired) electrons. The zero-order chi connectivity index (χ0) is 18.4. The highest BCUT2D eigenvalue weighted by molar-refractivity contribution is 7.15. The van der Waals surface area contributed by atoms with Crippen molar-refractivity contribution in [2.45, 2.75) is 6.92 Å². The predicted octanol–water partition coefficient (Wildman–Crippen LogP) is 4.01. The molecule has 0 saturated carbocycles. The van der Waals surface area contributed by atoms with Gasteiger partial charge >= 0.3 is 0 Å². The van der Waals surface area contributed by atoms with Crippen LogP contribution in [0, 0.1) is 0 Å². The van der Waals surface area contributed by atoms with Crippen LogP contribution in [0.15, 0.2) is 65.5 Å². The maximum Gasteiger partial charge on any atom is 0.274 e. The number of imidazole rings is 1. The molecule has 0 aliphatic rings. The molecule has 0 atom stereocenters. The Morgan fingerprint density at radius 1 is 1.04 bits per heavy atom. The summed E-state index contributed by atoms with van der Waals surface area (Å²) in [5.41, 5.74) is 2.67. The number of nitrogens with zero attached hydrogens (tertiary/aromatic N) is 2. The quantitative estimate of drug-likeness (QED) is 0.481. The van der Waals surface area contributed by atoms with E-state index < -0.39 is 0 Å². The third-order valence-electron chi connectivity index (χ3n) is 4.65. The highest BCUT2D eigenvalue weighted by Crippen LogP contribution is 2.29. The van der Waals surface area contributed by atoms with Gasteiger partial charge in [-0.25, -0.2) is 9.38 Å². The minimum Gasteiger partial charge on any atom is -0.493 e. The monoisotopic (exact) mass is 372 g/mol. The Bertz CT molecular complexity index is 1420. The minimum atomic E-state index is -0.0262. The van der Waals surface area contributed by atoms with E-state index in [1.807, 2.05) is 67.6 Å². The van der Waals surface area contributed by atoms with Crippen LogP contribution < -0.4 is 14.8 Å². The Morgan fingerprint density at radius 3 is 2.67 bits per heavy atom. The molecule has 132 valence electrons. The molecule has 5 aromatic rings. The highest BCUT2D eigenvalue weighted by Gasteiger charge is 2.11. The fraction of sp³-hybridized carbons (Fsp3) is 0.0909. The minimum absolute atomic E-state index is 0.0262. The van der Waals surface area contributed by atoms with Gasteiger partial charge in [0.05, 0.1) is 22.2 Å². The summed E-state index contributed by atoms with van der Waals surface area (Å²) in [4.78, 5) is 18.3. The topological polar surface area (TPSA) is 43.6 Å². The molecule has 0 aliphatic heterocycles. The van der Waals surface area contributed by atoms with Gasteiger partial charge in [-0.2, -0.15) is 0 Å². The second-order valence-corrected chi connectivity index (χ2v) is 7.27. The molecule has 27 heavy (non-hydrogen) atoms. The van der Waals surface area contributed by atoms with E-state index >= 15 is 0 Å². The summed E-state index contributed by atoms with van der Waals surface area (Å²) < 4.78 is 8.12. The SMILES string of the molecule is CCOc1ccc(/C=c2\sc3nc4ccccc4n3c2=O)c2ccccc12. The normalized spacial score (nSPS) is 12.4. The van der Waals surface area contributed by atoms with Gasteiger partial charge < -0.3 is 4.74 Å². The van der Waals surface area contributed by atoms with Crippen LogP contribution in [-0.4, -0.2) is 16.0 Å². The molecular formula is C22H16N2O2S. The first-order chi connectivity index (χ1) is 13.3. The second kappa shape index (κ2) is 6.21. The van der Waals surface area contributed by atoms with Crippen molar-refractivity contribution in [3.8, 4) is 5.75 Å². The summed E-state index contributed by atoms with van der Waals surface area (Å²) in [6, 6.07) is 19.8. The van der Waals surface area contributed by atoms with Crippen LogP contribution >= 0.6 is 11.3 Å². The van der Waals surface area contributed by atoms with Crippen molar-refractivity contribution in [1.29, 1.82) is 0 Å². The summed E-state index contributed by atoms with van der Waals surface area (Å²) in [7, 11) is 0. The average Bonchev–Trinajstić information content (AvgIpc) is 3.20. The molecule has 0 amide bonds. The lowest BCUT2D eigenvalue weighted by Crippen LogP contribution is -2.22. The van der Waals surface area contributed by atoms with E-state index in [2.05, 4.69) is 11.1 Å². The van der Waals surface area contributed by atoms with Gasteiger partial charge in [0.1, 0.15) is 5.75 Å². The number of benzene rings is 3.